The third-order valence-electron chi connectivity index (χ3n) is 2.34. The van der Waals surface area contributed by atoms with E-state index in [9.17, 15) is 14.9 Å². The normalized spacial score (nSPS) is 12.9. The van der Waals surface area contributed by atoms with Gasteiger partial charge in [0.1, 0.15) is 6.04 Å². The molecule has 0 aliphatic carbocycles. The Morgan fingerprint density at radius 3 is 2.58 bits per heavy atom. The van der Waals surface area contributed by atoms with E-state index in [1.165, 1.54) is 10.9 Å². The van der Waals surface area contributed by atoms with Crippen LogP contribution in [0, 0.1) is 10.1 Å². The lowest BCUT2D eigenvalue weighted by Gasteiger charge is -2.23. The summed E-state index contributed by atoms with van der Waals surface area (Å²) >= 11 is 0. The number of aromatic nitrogens is 2. The first-order chi connectivity index (χ1) is 8.61. The van der Waals surface area contributed by atoms with Crippen LogP contribution in [0.2, 0.25) is 0 Å². The summed E-state index contributed by atoms with van der Waals surface area (Å²) in [7, 11) is 1.62. The molecule has 1 atom stereocenters. The molecule has 0 aliphatic rings. The third-order valence-corrected chi connectivity index (χ3v) is 2.34. The largest absolute Gasteiger partial charge is 0.406 e. The summed E-state index contributed by atoms with van der Waals surface area (Å²) in [4.78, 5) is 25.8. The third kappa shape index (κ3) is 3.94. The van der Waals surface area contributed by atoms with Crippen LogP contribution < -0.4 is 10.6 Å². The average molecular weight is 269 g/mol. The van der Waals surface area contributed by atoms with E-state index >= 15 is 0 Å². The number of amides is 1. The van der Waals surface area contributed by atoms with Gasteiger partial charge < -0.3 is 20.7 Å². The number of carbonyl (C=O) groups is 1. The lowest BCUT2D eigenvalue weighted by molar-refractivity contribution is -0.388. The molecule has 19 heavy (non-hydrogen) atoms. The van der Waals surface area contributed by atoms with Crippen molar-refractivity contribution in [3.63, 3.8) is 0 Å². The SMILES string of the molecule is CC(Nc1c([N+](=O)[O-])ncn1C)C(=O)NC(C)(C)C. The minimum atomic E-state index is -0.603. The molecular weight excluding hydrogens is 250 g/mol. The minimum Gasteiger partial charge on any atom is -0.358 e. The Bertz CT molecular complexity index is 489. The highest BCUT2D eigenvalue weighted by Gasteiger charge is 2.25. The Balaban J connectivity index is 2.82. The standard InChI is InChI=1S/C11H19N5O3/c1-7(10(17)14-11(2,3)4)13-9-8(16(18)19)12-6-15(9)5/h6-7,13H,1-5H3,(H,14,17). The molecule has 0 fully saturated rings. The number of aryl methyl sites for hydroxylation is 1. The second-order valence-corrected chi connectivity index (χ2v) is 5.39. The maximum Gasteiger partial charge on any atom is 0.406 e. The van der Waals surface area contributed by atoms with Gasteiger partial charge in [0.25, 0.3) is 0 Å². The lowest BCUT2D eigenvalue weighted by Crippen LogP contribution is -2.47. The molecule has 0 saturated carbocycles. The van der Waals surface area contributed by atoms with E-state index in [4.69, 9.17) is 0 Å². The molecular formula is C11H19N5O3. The molecule has 0 bridgehead atoms. The van der Waals surface area contributed by atoms with Gasteiger partial charge in [-0.05, 0) is 37.6 Å². The highest BCUT2D eigenvalue weighted by Crippen LogP contribution is 2.21. The molecule has 0 aromatic carbocycles. The summed E-state index contributed by atoms with van der Waals surface area (Å²) in [6.07, 6.45) is 1.33. The zero-order valence-corrected chi connectivity index (χ0v) is 11.7. The van der Waals surface area contributed by atoms with E-state index in [0.29, 0.717) is 0 Å². The predicted molar refractivity (Wildman–Crippen MR) is 70.8 cm³/mol. The monoisotopic (exact) mass is 269 g/mol. The van der Waals surface area contributed by atoms with Crippen LogP contribution in [-0.2, 0) is 11.8 Å². The smallest absolute Gasteiger partial charge is 0.358 e. The van der Waals surface area contributed by atoms with Gasteiger partial charge in [0, 0.05) is 12.6 Å². The number of rotatable bonds is 4. The Morgan fingerprint density at radius 2 is 2.11 bits per heavy atom. The Hall–Kier alpha value is -2.12. The van der Waals surface area contributed by atoms with Crippen molar-refractivity contribution in [3.05, 3.63) is 16.4 Å². The molecule has 1 unspecified atom stereocenters. The van der Waals surface area contributed by atoms with Crippen molar-refractivity contribution in [1.29, 1.82) is 0 Å². The maximum atomic E-state index is 11.9. The van der Waals surface area contributed by atoms with Crippen molar-refractivity contribution in [2.45, 2.75) is 39.3 Å². The first-order valence-corrected chi connectivity index (χ1v) is 5.86. The van der Waals surface area contributed by atoms with Crippen LogP contribution in [-0.4, -0.2) is 32.0 Å². The average Bonchev–Trinajstić information content (AvgIpc) is 2.58. The van der Waals surface area contributed by atoms with Crippen LogP contribution in [0.25, 0.3) is 0 Å². The fourth-order valence-electron chi connectivity index (χ4n) is 1.47. The molecule has 0 aliphatic heterocycles. The number of nitrogens with zero attached hydrogens (tertiary/aromatic N) is 3. The zero-order chi connectivity index (χ0) is 14.8. The molecule has 1 aromatic heterocycles. The lowest BCUT2D eigenvalue weighted by atomic mass is 10.1. The van der Waals surface area contributed by atoms with Gasteiger partial charge >= 0.3 is 5.82 Å². The second kappa shape index (κ2) is 5.25. The molecule has 8 heteroatoms. The summed E-state index contributed by atoms with van der Waals surface area (Å²) in [5, 5.41) is 16.4. The van der Waals surface area contributed by atoms with Crippen LogP contribution in [0.15, 0.2) is 6.33 Å². The summed E-state index contributed by atoms with van der Waals surface area (Å²) in [6, 6.07) is -0.603. The maximum absolute atomic E-state index is 11.9. The van der Waals surface area contributed by atoms with Crippen molar-refractivity contribution < 1.29 is 9.72 Å². The molecule has 2 N–H and O–H groups in total. The molecule has 0 saturated heterocycles. The van der Waals surface area contributed by atoms with Crippen molar-refractivity contribution in [3.8, 4) is 0 Å². The number of anilines is 1. The van der Waals surface area contributed by atoms with E-state index in [1.807, 2.05) is 20.8 Å². The van der Waals surface area contributed by atoms with E-state index in [2.05, 4.69) is 15.6 Å². The van der Waals surface area contributed by atoms with Crippen molar-refractivity contribution >= 4 is 17.5 Å². The molecule has 0 spiro atoms. The van der Waals surface area contributed by atoms with Gasteiger partial charge in [0.15, 0.2) is 0 Å². The number of hydrogen-bond donors (Lipinski definition) is 2. The summed E-state index contributed by atoms with van der Waals surface area (Å²) in [5.41, 5.74) is -0.356. The highest BCUT2D eigenvalue weighted by atomic mass is 16.6. The van der Waals surface area contributed by atoms with Gasteiger partial charge in [-0.15, -0.1) is 0 Å². The van der Waals surface area contributed by atoms with E-state index in [0.717, 1.165) is 0 Å². The van der Waals surface area contributed by atoms with E-state index < -0.39 is 11.0 Å². The molecule has 106 valence electrons. The van der Waals surface area contributed by atoms with E-state index in [-0.39, 0.29) is 23.1 Å². The quantitative estimate of drug-likeness (QED) is 0.628. The van der Waals surface area contributed by atoms with Crippen molar-refractivity contribution in [2.24, 2.45) is 7.05 Å². The van der Waals surface area contributed by atoms with Gasteiger partial charge in [-0.1, -0.05) is 0 Å². The minimum absolute atomic E-state index is 0.210. The molecule has 1 rings (SSSR count). The molecule has 1 heterocycles. The van der Waals surface area contributed by atoms with Crippen molar-refractivity contribution in [2.75, 3.05) is 5.32 Å². The summed E-state index contributed by atoms with van der Waals surface area (Å²) < 4.78 is 1.47. The van der Waals surface area contributed by atoms with Crippen LogP contribution in [0.4, 0.5) is 11.6 Å². The number of nitro groups is 1. The molecule has 1 aromatic rings. The zero-order valence-electron chi connectivity index (χ0n) is 11.7. The van der Waals surface area contributed by atoms with Gasteiger partial charge in [0.2, 0.25) is 18.1 Å². The van der Waals surface area contributed by atoms with Crippen LogP contribution in [0.1, 0.15) is 27.7 Å². The Morgan fingerprint density at radius 1 is 1.53 bits per heavy atom. The number of nitrogens with one attached hydrogen (secondary N) is 2. The van der Waals surface area contributed by atoms with Crippen molar-refractivity contribution in [1.82, 2.24) is 14.9 Å². The number of carbonyl (C=O) groups excluding carboxylic acids is 1. The van der Waals surface area contributed by atoms with Gasteiger partial charge in [-0.25, -0.2) is 0 Å². The molecule has 1 amide bonds. The first kappa shape index (κ1) is 14.9. The first-order valence-electron chi connectivity index (χ1n) is 5.86. The van der Waals surface area contributed by atoms with E-state index in [1.54, 1.807) is 14.0 Å². The molecule has 0 radical (unpaired) electrons. The van der Waals surface area contributed by atoms with Gasteiger partial charge in [-0.3, -0.25) is 9.36 Å². The van der Waals surface area contributed by atoms with Gasteiger partial charge in [0.05, 0.1) is 0 Å². The second-order valence-electron chi connectivity index (χ2n) is 5.39. The van der Waals surface area contributed by atoms with Crippen LogP contribution in [0.3, 0.4) is 0 Å². The highest BCUT2D eigenvalue weighted by molar-refractivity contribution is 5.85. The number of hydrogen-bond acceptors (Lipinski definition) is 5. The van der Waals surface area contributed by atoms with Crippen LogP contribution in [0.5, 0.6) is 0 Å². The summed E-state index contributed by atoms with van der Waals surface area (Å²) in [5.74, 6) is -0.317. The topological polar surface area (TPSA) is 102 Å². The predicted octanol–water partition coefficient (Wildman–Crippen LogP) is 1.04. The fraction of sp³-hybridized carbons (Fsp3) is 0.636. The molecule has 8 nitrogen and oxygen atoms in total. The summed E-state index contributed by atoms with van der Waals surface area (Å²) in [6.45, 7) is 7.23. The number of imidazole rings is 1. The Kier molecular flexibility index (Phi) is 4.13. The van der Waals surface area contributed by atoms with Crippen LogP contribution >= 0.6 is 0 Å². The fourth-order valence-corrected chi connectivity index (χ4v) is 1.47. The van der Waals surface area contributed by atoms with Gasteiger partial charge in [-0.2, -0.15) is 0 Å². The Labute approximate surface area is 111 Å².